The van der Waals surface area contributed by atoms with Crippen molar-refractivity contribution in [3.05, 3.63) is 42.1 Å². The van der Waals surface area contributed by atoms with Crippen molar-refractivity contribution >= 4 is 26.7 Å². The smallest absolute Gasteiger partial charge is 0.235 e. The Morgan fingerprint density at radius 3 is 2.59 bits per heavy atom. The minimum atomic E-state index is -3.06. The molecule has 1 unspecified atom stereocenters. The van der Waals surface area contributed by atoms with E-state index in [-0.39, 0.29) is 23.7 Å². The van der Waals surface area contributed by atoms with Gasteiger partial charge in [0.1, 0.15) is 17.0 Å². The second-order valence-electron chi connectivity index (χ2n) is 9.50. The average molecular weight is 490 g/mol. The molecule has 1 N–H and O–H groups in total. The van der Waals surface area contributed by atoms with E-state index in [4.69, 9.17) is 4.74 Å². The fourth-order valence-corrected chi connectivity index (χ4v) is 6.64. The van der Waals surface area contributed by atoms with Crippen molar-refractivity contribution in [2.45, 2.75) is 52.6 Å². The van der Waals surface area contributed by atoms with Gasteiger partial charge in [-0.25, -0.2) is 12.8 Å². The molecule has 0 aliphatic carbocycles. The van der Waals surface area contributed by atoms with E-state index in [0.717, 1.165) is 0 Å². The van der Waals surface area contributed by atoms with E-state index in [1.54, 1.807) is 55.8 Å². The predicted octanol–water partition coefficient (Wildman–Crippen LogP) is 3.74. The van der Waals surface area contributed by atoms with Crippen LogP contribution in [0.3, 0.4) is 0 Å². The topological polar surface area (TPSA) is 111 Å². The molecule has 1 aliphatic heterocycles. The standard InChI is InChI=1S/C24H28FN3O5S/c1-14(15(2)29)28-20-9-18(21(30)10-24(4)12-34(31,32)13-24)11-26-23(20)22(27-28)17-6-5-7-19(8-17)33-16(3)25/h5-9,11,14-16,29H,10,12-13H2,1-4H3/t14-,15+,16?/m1/s1. The van der Waals surface area contributed by atoms with Crippen molar-refractivity contribution in [1.29, 1.82) is 0 Å². The number of carbonyl (C=O) groups is 1. The number of ketones is 1. The third kappa shape index (κ3) is 4.83. The molecule has 0 spiro atoms. The molecule has 0 saturated carbocycles. The van der Waals surface area contributed by atoms with E-state index in [2.05, 4.69) is 10.1 Å². The SMILES string of the molecule is CC(F)Oc1cccc(-c2nn([C@H](C)[C@H](C)O)c3cc(C(=O)CC4(C)CS(=O)(=O)C4)cnc23)c1. The molecule has 1 saturated heterocycles. The van der Waals surface area contributed by atoms with Crippen LogP contribution in [0.1, 0.15) is 50.5 Å². The first-order chi connectivity index (χ1) is 15.9. The molecule has 182 valence electrons. The highest BCUT2D eigenvalue weighted by Gasteiger charge is 2.45. The van der Waals surface area contributed by atoms with Gasteiger partial charge in [-0.2, -0.15) is 5.10 Å². The zero-order valence-electron chi connectivity index (χ0n) is 19.5. The lowest BCUT2D eigenvalue weighted by atomic mass is 9.86. The summed E-state index contributed by atoms with van der Waals surface area (Å²) in [7, 11) is -3.06. The van der Waals surface area contributed by atoms with Crippen LogP contribution in [-0.2, 0) is 9.84 Å². The van der Waals surface area contributed by atoms with Gasteiger partial charge < -0.3 is 9.84 Å². The third-order valence-electron chi connectivity index (χ3n) is 6.08. The van der Waals surface area contributed by atoms with E-state index >= 15 is 0 Å². The maximum Gasteiger partial charge on any atom is 0.235 e. The number of carbonyl (C=O) groups excluding carboxylic acids is 1. The molecule has 1 fully saturated rings. The molecular weight excluding hydrogens is 461 g/mol. The Morgan fingerprint density at radius 1 is 1.26 bits per heavy atom. The Bertz CT molecular complexity index is 1340. The highest BCUT2D eigenvalue weighted by atomic mass is 32.2. The first-order valence-electron chi connectivity index (χ1n) is 11.1. The monoisotopic (exact) mass is 489 g/mol. The van der Waals surface area contributed by atoms with Crippen LogP contribution in [0.2, 0.25) is 0 Å². The van der Waals surface area contributed by atoms with Crippen molar-refractivity contribution in [2.75, 3.05) is 11.5 Å². The number of Topliss-reactive ketones (excluding diaryl/α,β-unsaturated/α-hetero) is 1. The minimum Gasteiger partial charge on any atom is -0.461 e. The normalized spacial score (nSPS) is 19.2. The number of fused-ring (bicyclic) bond motifs is 1. The van der Waals surface area contributed by atoms with Crippen LogP contribution in [0.5, 0.6) is 5.75 Å². The lowest BCUT2D eigenvalue weighted by molar-refractivity contribution is 0.0860. The molecule has 1 aromatic carbocycles. The third-order valence-corrected chi connectivity index (χ3v) is 8.36. The first kappa shape index (κ1) is 24.3. The number of halogens is 1. The van der Waals surface area contributed by atoms with E-state index in [0.29, 0.717) is 33.6 Å². The Morgan fingerprint density at radius 2 is 1.97 bits per heavy atom. The van der Waals surface area contributed by atoms with E-state index < -0.39 is 33.8 Å². The number of rotatable bonds is 8. The number of alkyl halides is 1. The molecule has 3 aromatic rings. The number of aromatic nitrogens is 3. The maximum absolute atomic E-state index is 13.3. The number of aliphatic hydroxyl groups is 1. The van der Waals surface area contributed by atoms with Gasteiger partial charge in [-0.1, -0.05) is 19.1 Å². The summed E-state index contributed by atoms with van der Waals surface area (Å²) in [6, 6.07) is 8.09. The molecule has 10 heteroatoms. The van der Waals surface area contributed by atoms with Gasteiger partial charge in [0.05, 0.1) is 29.2 Å². The molecule has 2 aromatic heterocycles. The minimum absolute atomic E-state index is 0.00152. The van der Waals surface area contributed by atoms with Crippen molar-refractivity contribution in [3.8, 4) is 17.0 Å². The molecule has 34 heavy (non-hydrogen) atoms. The maximum atomic E-state index is 13.3. The summed E-state index contributed by atoms with van der Waals surface area (Å²) in [5.41, 5.74) is 2.02. The summed E-state index contributed by atoms with van der Waals surface area (Å²) in [5, 5.41) is 14.9. The summed E-state index contributed by atoms with van der Waals surface area (Å²) in [4.78, 5) is 17.5. The fraction of sp³-hybridized carbons (Fsp3) is 0.458. The van der Waals surface area contributed by atoms with Crippen LogP contribution in [0.4, 0.5) is 4.39 Å². The van der Waals surface area contributed by atoms with Gasteiger partial charge >= 0.3 is 0 Å². The highest BCUT2D eigenvalue weighted by molar-refractivity contribution is 7.92. The Hall–Kier alpha value is -2.85. The van der Waals surface area contributed by atoms with Crippen molar-refractivity contribution < 1.29 is 27.4 Å². The van der Waals surface area contributed by atoms with Gasteiger partial charge in [-0.05, 0) is 32.0 Å². The van der Waals surface area contributed by atoms with Gasteiger partial charge in [0.2, 0.25) is 6.36 Å². The average Bonchev–Trinajstić information content (AvgIpc) is 3.09. The van der Waals surface area contributed by atoms with Gasteiger partial charge in [0.25, 0.3) is 0 Å². The van der Waals surface area contributed by atoms with Gasteiger partial charge in [-0.15, -0.1) is 0 Å². The zero-order chi connectivity index (χ0) is 24.8. The number of sulfone groups is 1. The number of benzene rings is 1. The van der Waals surface area contributed by atoms with Crippen LogP contribution in [0, 0.1) is 5.41 Å². The molecule has 0 amide bonds. The Balaban J connectivity index is 1.75. The summed E-state index contributed by atoms with van der Waals surface area (Å²) in [6.07, 6.45) is -0.628. The molecule has 1 aliphatic rings. The number of hydrogen-bond donors (Lipinski definition) is 1. The number of pyridine rings is 1. The van der Waals surface area contributed by atoms with Crippen molar-refractivity contribution in [2.24, 2.45) is 5.41 Å². The van der Waals surface area contributed by atoms with Crippen molar-refractivity contribution in [1.82, 2.24) is 14.8 Å². The lowest BCUT2D eigenvalue weighted by Crippen LogP contribution is -2.47. The molecule has 0 radical (unpaired) electrons. The molecule has 3 heterocycles. The highest BCUT2D eigenvalue weighted by Crippen LogP contribution is 2.37. The Labute approximate surface area is 197 Å². The first-order valence-corrected chi connectivity index (χ1v) is 12.9. The Kier molecular flexibility index (Phi) is 6.24. The molecular formula is C24H28FN3O5S. The molecule has 8 nitrogen and oxygen atoms in total. The molecule has 4 rings (SSSR count). The number of ether oxygens (including phenoxy) is 1. The summed E-state index contributed by atoms with van der Waals surface area (Å²) >= 11 is 0. The number of aliphatic hydroxyl groups excluding tert-OH is 1. The largest absolute Gasteiger partial charge is 0.461 e. The summed E-state index contributed by atoms with van der Waals surface area (Å²) in [6.45, 7) is 6.54. The van der Waals surface area contributed by atoms with Crippen LogP contribution in [0.15, 0.2) is 36.5 Å². The van der Waals surface area contributed by atoms with Gasteiger partial charge in [0.15, 0.2) is 15.6 Å². The molecule has 0 bridgehead atoms. The van der Waals surface area contributed by atoms with Crippen LogP contribution in [0.25, 0.3) is 22.3 Å². The molecule has 3 atom stereocenters. The van der Waals surface area contributed by atoms with Gasteiger partial charge in [-0.3, -0.25) is 14.5 Å². The second-order valence-corrected chi connectivity index (χ2v) is 11.6. The fourth-order valence-electron chi connectivity index (χ4n) is 4.40. The van der Waals surface area contributed by atoms with E-state index in [1.807, 2.05) is 0 Å². The van der Waals surface area contributed by atoms with E-state index in [9.17, 15) is 22.7 Å². The zero-order valence-corrected chi connectivity index (χ0v) is 20.3. The van der Waals surface area contributed by atoms with Crippen LogP contribution >= 0.6 is 0 Å². The number of hydrogen-bond acceptors (Lipinski definition) is 7. The summed E-state index contributed by atoms with van der Waals surface area (Å²) < 4.78 is 43.3. The quantitative estimate of drug-likeness (QED) is 0.480. The van der Waals surface area contributed by atoms with Crippen LogP contribution < -0.4 is 4.74 Å². The van der Waals surface area contributed by atoms with E-state index in [1.165, 1.54) is 13.1 Å². The van der Waals surface area contributed by atoms with Crippen LogP contribution in [-0.4, -0.2) is 58.0 Å². The van der Waals surface area contributed by atoms with Gasteiger partial charge in [0, 0.05) is 36.1 Å². The summed E-state index contributed by atoms with van der Waals surface area (Å²) in [5.74, 6) is 0.143. The van der Waals surface area contributed by atoms with Crippen molar-refractivity contribution in [3.63, 3.8) is 0 Å². The predicted molar refractivity (Wildman–Crippen MR) is 126 cm³/mol. The lowest BCUT2D eigenvalue weighted by Gasteiger charge is -2.37. The number of nitrogens with zero attached hydrogens (tertiary/aromatic N) is 3. The second kappa shape index (κ2) is 8.74.